The quantitative estimate of drug-likeness (QED) is 0.807. The molecule has 2 N–H and O–H groups in total. The summed E-state index contributed by atoms with van der Waals surface area (Å²) in [6, 6.07) is 7.71. The minimum Gasteiger partial charge on any atom is -0.383 e. The molecule has 1 aromatic rings. The van der Waals surface area contributed by atoms with Crippen LogP contribution in [0.3, 0.4) is 0 Å². The van der Waals surface area contributed by atoms with Crippen LogP contribution >= 0.6 is 0 Å². The minimum atomic E-state index is -3.22. The number of rotatable bonds is 7. The smallest absolute Gasteiger partial charge is 0.229 e. The Hall–Kier alpha value is -1.23. The highest BCUT2D eigenvalue weighted by molar-refractivity contribution is 7.92. The van der Waals surface area contributed by atoms with Gasteiger partial charge in [-0.1, -0.05) is 19.9 Å². The summed E-state index contributed by atoms with van der Waals surface area (Å²) in [6.07, 6.45) is 3.43. The number of sulfonamides is 1. The summed E-state index contributed by atoms with van der Waals surface area (Å²) >= 11 is 0. The highest BCUT2D eigenvalue weighted by Gasteiger charge is 2.06. The van der Waals surface area contributed by atoms with E-state index >= 15 is 0 Å². The van der Waals surface area contributed by atoms with Crippen molar-refractivity contribution in [2.75, 3.05) is 16.3 Å². The lowest BCUT2D eigenvalue weighted by Gasteiger charge is -2.17. The van der Waals surface area contributed by atoms with Crippen LogP contribution in [0.1, 0.15) is 33.6 Å². The van der Waals surface area contributed by atoms with Crippen molar-refractivity contribution < 1.29 is 8.42 Å². The normalized spacial score (nSPS) is 13.3. The molecule has 0 radical (unpaired) electrons. The lowest BCUT2D eigenvalue weighted by Crippen LogP contribution is -2.16. The van der Waals surface area contributed by atoms with Crippen LogP contribution in [0.4, 0.5) is 11.4 Å². The molecule has 19 heavy (non-hydrogen) atoms. The van der Waals surface area contributed by atoms with Crippen molar-refractivity contribution in [2.24, 2.45) is 5.92 Å². The summed E-state index contributed by atoms with van der Waals surface area (Å²) in [5, 5.41) is 3.39. The van der Waals surface area contributed by atoms with Gasteiger partial charge in [-0.25, -0.2) is 8.42 Å². The molecule has 0 amide bonds. The monoisotopic (exact) mass is 284 g/mol. The van der Waals surface area contributed by atoms with Crippen molar-refractivity contribution in [2.45, 2.75) is 39.7 Å². The molecule has 0 saturated carbocycles. The fourth-order valence-corrected chi connectivity index (χ4v) is 2.38. The first kappa shape index (κ1) is 15.8. The summed E-state index contributed by atoms with van der Waals surface area (Å²) in [6.45, 7) is 6.56. The second-order valence-corrected chi connectivity index (χ2v) is 7.22. The molecule has 1 rings (SSSR count). The molecule has 0 spiro atoms. The molecule has 0 aliphatic carbocycles. The van der Waals surface area contributed by atoms with Crippen LogP contribution in [0.15, 0.2) is 24.3 Å². The second kappa shape index (κ2) is 6.80. The third kappa shape index (κ3) is 7.06. The summed E-state index contributed by atoms with van der Waals surface area (Å²) in [5.74, 6) is 0.697. The van der Waals surface area contributed by atoms with Gasteiger partial charge in [-0.3, -0.25) is 4.72 Å². The number of anilines is 2. The van der Waals surface area contributed by atoms with Crippen LogP contribution in [-0.2, 0) is 10.0 Å². The van der Waals surface area contributed by atoms with Gasteiger partial charge in [0.2, 0.25) is 10.0 Å². The van der Waals surface area contributed by atoms with Gasteiger partial charge < -0.3 is 5.32 Å². The summed E-state index contributed by atoms with van der Waals surface area (Å²) in [7, 11) is -3.22. The van der Waals surface area contributed by atoms with Crippen LogP contribution in [0.5, 0.6) is 0 Å². The molecule has 0 aliphatic heterocycles. The van der Waals surface area contributed by atoms with E-state index in [-0.39, 0.29) is 0 Å². The zero-order chi connectivity index (χ0) is 14.5. The van der Waals surface area contributed by atoms with Crippen LogP contribution in [0.25, 0.3) is 0 Å². The molecule has 108 valence electrons. The molecule has 1 unspecified atom stereocenters. The highest BCUT2D eigenvalue weighted by atomic mass is 32.2. The number of benzene rings is 1. The predicted octanol–water partition coefficient (Wildman–Crippen LogP) is 3.29. The SMILES string of the molecule is CC(C)CCC(C)Nc1cccc(NS(C)(=O)=O)c1. The third-order valence-corrected chi connectivity index (χ3v) is 3.36. The van der Waals surface area contributed by atoms with Crippen LogP contribution in [0.2, 0.25) is 0 Å². The Morgan fingerprint density at radius 2 is 1.74 bits per heavy atom. The van der Waals surface area contributed by atoms with Crippen molar-refractivity contribution in [3.8, 4) is 0 Å². The fraction of sp³-hybridized carbons (Fsp3) is 0.571. The van der Waals surface area contributed by atoms with Crippen LogP contribution in [-0.4, -0.2) is 20.7 Å². The Morgan fingerprint density at radius 1 is 1.11 bits per heavy atom. The highest BCUT2D eigenvalue weighted by Crippen LogP contribution is 2.18. The molecule has 0 aliphatic rings. The van der Waals surface area contributed by atoms with Crippen LogP contribution in [0, 0.1) is 5.92 Å². The molecule has 0 fully saturated rings. The molecular weight excluding hydrogens is 260 g/mol. The minimum absolute atomic E-state index is 0.371. The van der Waals surface area contributed by atoms with Crippen molar-refractivity contribution in [1.82, 2.24) is 0 Å². The number of hydrogen-bond acceptors (Lipinski definition) is 3. The molecule has 4 nitrogen and oxygen atoms in total. The molecule has 0 aromatic heterocycles. The van der Waals surface area contributed by atoms with Gasteiger partial charge in [0.25, 0.3) is 0 Å². The molecule has 1 atom stereocenters. The van der Waals surface area contributed by atoms with Gasteiger partial charge in [-0.15, -0.1) is 0 Å². The maximum absolute atomic E-state index is 11.2. The topological polar surface area (TPSA) is 58.2 Å². The van der Waals surface area contributed by atoms with Crippen molar-refractivity contribution in [1.29, 1.82) is 0 Å². The Labute approximate surface area is 116 Å². The Morgan fingerprint density at radius 3 is 2.32 bits per heavy atom. The molecule has 0 saturated heterocycles. The summed E-state index contributed by atoms with van der Waals surface area (Å²) in [4.78, 5) is 0. The van der Waals surface area contributed by atoms with Gasteiger partial charge in [0.1, 0.15) is 0 Å². The van der Waals surface area contributed by atoms with Gasteiger partial charge in [-0.2, -0.15) is 0 Å². The van der Waals surface area contributed by atoms with Crippen molar-refractivity contribution in [3.63, 3.8) is 0 Å². The fourth-order valence-electron chi connectivity index (χ4n) is 1.83. The van der Waals surface area contributed by atoms with E-state index in [4.69, 9.17) is 0 Å². The van der Waals surface area contributed by atoms with E-state index in [0.717, 1.165) is 18.4 Å². The van der Waals surface area contributed by atoms with Gasteiger partial charge in [0.05, 0.1) is 11.9 Å². The predicted molar refractivity (Wildman–Crippen MR) is 82.1 cm³/mol. The van der Waals surface area contributed by atoms with E-state index in [2.05, 4.69) is 30.8 Å². The average molecular weight is 284 g/mol. The molecule has 5 heteroatoms. The summed E-state index contributed by atoms with van der Waals surface area (Å²) in [5.41, 5.74) is 1.52. The summed E-state index contributed by atoms with van der Waals surface area (Å²) < 4.78 is 24.8. The first-order valence-corrected chi connectivity index (χ1v) is 8.50. The maximum atomic E-state index is 11.2. The van der Waals surface area contributed by atoms with Gasteiger partial charge in [0.15, 0.2) is 0 Å². The number of hydrogen-bond donors (Lipinski definition) is 2. The van der Waals surface area contributed by atoms with E-state index in [0.29, 0.717) is 17.6 Å². The van der Waals surface area contributed by atoms with Crippen molar-refractivity contribution in [3.05, 3.63) is 24.3 Å². The Bertz CT molecular complexity index is 498. The second-order valence-electron chi connectivity index (χ2n) is 5.47. The van der Waals surface area contributed by atoms with E-state index in [9.17, 15) is 8.42 Å². The first-order chi connectivity index (χ1) is 8.76. The van der Waals surface area contributed by atoms with E-state index in [1.54, 1.807) is 6.07 Å². The average Bonchev–Trinajstić information content (AvgIpc) is 2.24. The number of nitrogens with one attached hydrogen (secondary N) is 2. The standard InChI is InChI=1S/C14H24N2O2S/c1-11(2)8-9-12(3)15-13-6-5-7-14(10-13)16-19(4,17)18/h5-7,10-12,15-16H,8-9H2,1-4H3. The zero-order valence-corrected chi connectivity index (χ0v) is 12.9. The van der Waals surface area contributed by atoms with Gasteiger partial charge in [0, 0.05) is 11.7 Å². The van der Waals surface area contributed by atoms with Crippen molar-refractivity contribution >= 4 is 21.4 Å². The molecular formula is C14H24N2O2S. The molecule has 0 bridgehead atoms. The first-order valence-electron chi connectivity index (χ1n) is 6.60. The van der Waals surface area contributed by atoms with Gasteiger partial charge >= 0.3 is 0 Å². The van der Waals surface area contributed by atoms with E-state index < -0.39 is 10.0 Å². The van der Waals surface area contributed by atoms with Crippen LogP contribution < -0.4 is 10.0 Å². The van der Waals surface area contributed by atoms with Gasteiger partial charge in [-0.05, 0) is 43.9 Å². The zero-order valence-electron chi connectivity index (χ0n) is 12.1. The Balaban J connectivity index is 2.61. The lowest BCUT2D eigenvalue weighted by molar-refractivity contribution is 0.528. The van der Waals surface area contributed by atoms with E-state index in [1.165, 1.54) is 6.42 Å². The third-order valence-electron chi connectivity index (χ3n) is 2.76. The lowest BCUT2D eigenvalue weighted by atomic mass is 10.0. The Kier molecular flexibility index (Phi) is 5.66. The molecule has 0 heterocycles. The van der Waals surface area contributed by atoms with E-state index in [1.807, 2.05) is 18.2 Å². The maximum Gasteiger partial charge on any atom is 0.229 e. The largest absolute Gasteiger partial charge is 0.383 e. The molecule has 1 aromatic carbocycles.